The largest absolute Gasteiger partial charge is 0.444 e. The van der Waals surface area contributed by atoms with Gasteiger partial charge in [0.15, 0.2) is 5.65 Å². The van der Waals surface area contributed by atoms with Gasteiger partial charge in [-0.3, -0.25) is 28.6 Å². The van der Waals surface area contributed by atoms with E-state index in [1.54, 1.807) is 27.4 Å². The van der Waals surface area contributed by atoms with Crippen molar-refractivity contribution in [2.75, 3.05) is 366 Å². The molecule has 44 nitrogen and oxygen atoms in total. The highest BCUT2D eigenvalue weighted by Gasteiger charge is 2.36. The lowest BCUT2D eigenvalue weighted by Crippen LogP contribution is -2.46. The van der Waals surface area contributed by atoms with E-state index in [2.05, 4.69) is 36.5 Å². The van der Waals surface area contributed by atoms with Crippen LogP contribution in [0.4, 0.5) is 16.3 Å². The lowest BCUT2D eigenvalue weighted by Gasteiger charge is -2.35. The predicted molar refractivity (Wildman–Crippen MR) is 503 cm³/mol. The van der Waals surface area contributed by atoms with Crippen molar-refractivity contribution in [2.45, 2.75) is 103 Å². The first-order chi connectivity index (χ1) is 66.7. The molecule has 780 valence electrons. The molecule has 2 aliphatic rings. The first-order valence-electron chi connectivity index (χ1n) is 47.2. The highest BCUT2D eigenvalue weighted by atomic mass is 35.5. The topological polar surface area (TPSA) is 451 Å². The summed E-state index contributed by atoms with van der Waals surface area (Å²) >= 11 is 6.33. The molecule has 1 aromatic carbocycles. The number of sulfonamides is 1. The van der Waals surface area contributed by atoms with E-state index in [1.165, 1.54) is 23.1 Å². The number of methoxy groups -OCH3 is 1. The number of benzene rings is 1. The van der Waals surface area contributed by atoms with Gasteiger partial charge in [0.1, 0.15) is 36.8 Å². The second kappa shape index (κ2) is 75.4. The number of hydrogen-bond acceptors (Lipinski definition) is 36. The van der Waals surface area contributed by atoms with Crippen molar-refractivity contribution in [3.05, 3.63) is 64.2 Å². The summed E-state index contributed by atoms with van der Waals surface area (Å²) < 4.78 is 163. The standard InChI is InChI=1S/C91H152ClN13O31S/c1-8-24-114-30-34-119-40-42-121-36-32-116-26-17-87(108)101(74-86(107)94-19-27-117-33-37-122-43-45-125-49-51-127-54-55-129-58-59-131-61-60-130-57-56-128-53-52-126-47-46-123-39-38-118-29-28-113-6)73-85(106)93-18-23-102-71-78(96-99-102)75-135-67-66-134-65-64-133-63-62-132-50-48-124-44-41-120-35-31-115-25-12-11-20-103(90(110)136-91(3,4)5)79-16-22-100(72-79)88-76(2)70-105-84(95-88)69-82(97-105)83-13-9-10-21-104(83)89(109)80-68-77(92)14-15-81(80)98-137(7,111)112/h1,14-15,68-71,79,83,98H,9-13,16-67,72-75H2,2-7H3,(H,93,106)(H,94,107)/t79-,83-/m0/s1. The van der Waals surface area contributed by atoms with Crippen LogP contribution in [0.1, 0.15) is 99.1 Å². The molecule has 0 saturated carbocycles. The summed E-state index contributed by atoms with van der Waals surface area (Å²) in [7, 11) is -2.04. The number of unbranched alkanes of at least 4 members (excludes halogenated alkanes) is 1. The van der Waals surface area contributed by atoms with Crippen LogP contribution in [-0.4, -0.2) is 451 Å². The average molecular weight is 1990 g/mol. The summed E-state index contributed by atoms with van der Waals surface area (Å²) in [5.74, 6) is 1.41. The van der Waals surface area contributed by atoms with Crippen molar-refractivity contribution >= 4 is 68.5 Å². The minimum Gasteiger partial charge on any atom is -0.444 e. The van der Waals surface area contributed by atoms with E-state index < -0.39 is 33.3 Å². The fourth-order valence-corrected chi connectivity index (χ4v) is 14.1. The molecule has 0 bridgehead atoms. The minimum atomic E-state index is -3.68. The molecule has 137 heavy (non-hydrogen) atoms. The van der Waals surface area contributed by atoms with Gasteiger partial charge >= 0.3 is 6.09 Å². The third-order valence-corrected chi connectivity index (χ3v) is 20.8. The first-order valence-corrected chi connectivity index (χ1v) is 49.5. The molecule has 5 amide bonds. The Bertz CT molecular complexity index is 4010. The number of nitrogens with zero attached hydrogens (tertiary/aromatic N) is 10. The Hall–Kier alpha value is -7.39. The summed E-state index contributed by atoms with van der Waals surface area (Å²) in [6.07, 6.45) is 13.9. The lowest BCUT2D eigenvalue weighted by atomic mass is 9.98. The SMILES string of the molecule is C#CCOCCOCCOCCOCCC(=O)N(CC(=O)NCCOCCOCCOCCOCCOCCOCCOCCOCCOCCOCCOCCOC)CC(=O)NCCn1cc(COCCOCCOCCOCCOCCOCCOCCCCN(C(=O)OC(C)(C)C)[C@H]2CCN(c3nc4cc([C@@H]5CCCCN5C(=O)c5cc(Cl)ccc5NS(C)(=O)=O)nn4cc3C)C2)nn1. The predicted octanol–water partition coefficient (Wildman–Crippen LogP) is 3.91. The number of aryl methyl sites for hydroxylation is 1. The minimum absolute atomic E-state index is 0.0384. The summed E-state index contributed by atoms with van der Waals surface area (Å²) in [6.45, 7) is 27.2. The van der Waals surface area contributed by atoms with Crippen molar-refractivity contribution < 1.29 is 146 Å². The second-order valence-electron chi connectivity index (χ2n) is 32.2. The molecular formula is C91H152ClN13O31S. The van der Waals surface area contributed by atoms with E-state index in [4.69, 9.17) is 142 Å². The van der Waals surface area contributed by atoms with E-state index >= 15 is 0 Å². The van der Waals surface area contributed by atoms with Gasteiger partial charge in [-0.05, 0) is 84.4 Å². The molecule has 0 spiro atoms. The molecular weight excluding hydrogens is 1840 g/mol. The van der Waals surface area contributed by atoms with Gasteiger partial charge in [-0.15, -0.1) is 11.5 Å². The Balaban J connectivity index is 0.717. The summed E-state index contributed by atoms with van der Waals surface area (Å²) in [5.41, 5.74) is 2.40. The summed E-state index contributed by atoms with van der Waals surface area (Å²) in [6, 6.07) is 5.93. The fraction of sp³-hybridized carbons (Fsp3) is 0.769. The molecule has 0 aliphatic carbocycles. The Kier molecular flexibility index (Phi) is 65.2. The number of nitrogens with one attached hydrogen (secondary N) is 3. The van der Waals surface area contributed by atoms with Crippen molar-refractivity contribution in [1.82, 2.24) is 54.9 Å². The van der Waals surface area contributed by atoms with Crippen LogP contribution in [0, 0.1) is 19.3 Å². The van der Waals surface area contributed by atoms with Gasteiger partial charge in [-0.25, -0.2) is 22.7 Å². The summed E-state index contributed by atoms with van der Waals surface area (Å²) in [5, 5.41) is 19.0. The van der Waals surface area contributed by atoms with Gasteiger partial charge in [-0.2, -0.15) is 5.10 Å². The van der Waals surface area contributed by atoms with Gasteiger partial charge in [0.25, 0.3) is 5.91 Å². The number of anilines is 2. The number of carbonyl (C=O) groups is 5. The van der Waals surface area contributed by atoms with Crippen LogP contribution in [0.2, 0.25) is 5.02 Å². The molecule has 5 heterocycles. The number of rotatable bonds is 87. The van der Waals surface area contributed by atoms with E-state index in [0.717, 1.165) is 43.3 Å². The molecule has 6 rings (SSSR count). The molecule has 3 aromatic heterocycles. The van der Waals surface area contributed by atoms with E-state index in [9.17, 15) is 32.4 Å². The zero-order chi connectivity index (χ0) is 98.1. The van der Waals surface area contributed by atoms with Crippen molar-refractivity contribution in [2.24, 2.45) is 0 Å². The van der Waals surface area contributed by atoms with Crippen LogP contribution in [0.15, 0.2) is 36.7 Å². The van der Waals surface area contributed by atoms with E-state index in [-0.39, 0.29) is 121 Å². The number of carbonyl (C=O) groups excluding carboxylic acids is 5. The van der Waals surface area contributed by atoms with E-state index in [1.807, 2.05) is 44.9 Å². The highest BCUT2D eigenvalue weighted by molar-refractivity contribution is 7.92. The highest BCUT2D eigenvalue weighted by Crippen LogP contribution is 2.35. The number of hydrogen-bond donors (Lipinski definition) is 3. The van der Waals surface area contributed by atoms with E-state index in [0.29, 0.717) is 312 Å². The maximum atomic E-state index is 14.2. The van der Waals surface area contributed by atoms with Crippen LogP contribution in [0.25, 0.3) is 5.65 Å². The number of amides is 5. The number of ether oxygens (including phenoxy) is 24. The molecule has 4 aromatic rings. The average Bonchev–Trinajstić information content (AvgIpc) is 1.64. The molecule has 0 unspecified atom stereocenters. The Morgan fingerprint density at radius 3 is 1.47 bits per heavy atom. The quantitative estimate of drug-likeness (QED) is 0.0416. The number of terminal acetylenes is 1. The molecule has 2 aliphatic heterocycles. The van der Waals surface area contributed by atoms with Crippen LogP contribution in [0.3, 0.4) is 0 Å². The zero-order valence-electron chi connectivity index (χ0n) is 81.2. The maximum Gasteiger partial charge on any atom is 0.410 e. The molecule has 0 radical (unpaired) electrons. The molecule has 2 fully saturated rings. The molecule has 46 heteroatoms. The Labute approximate surface area is 811 Å². The normalized spacial score (nSPS) is 14.1. The molecule has 3 N–H and O–H groups in total. The van der Waals surface area contributed by atoms with Gasteiger partial charge in [0.05, 0.1) is 339 Å². The van der Waals surface area contributed by atoms with Crippen LogP contribution < -0.4 is 20.3 Å². The first kappa shape index (κ1) is 118. The van der Waals surface area contributed by atoms with Crippen molar-refractivity contribution in [1.29, 1.82) is 0 Å². The van der Waals surface area contributed by atoms with Gasteiger partial charge < -0.3 is 144 Å². The van der Waals surface area contributed by atoms with Gasteiger partial charge in [0, 0.05) is 75.8 Å². The van der Waals surface area contributed by atoms with Gasteiger partial charge in [0.2, 0.25) is 27.7 Å². The maximum absolute atomic E-state index is 14.2. The molecule has 2 atom stereocenters. The smallest absolute Gasteiger partial charge is 0.410 e. The van der Waals surface area contributed by atoms with Crippen LogP contribution in [-0.2, 0) is 151 Å². The molecule has 2 saturated heterocycles. The second-order valence-corrected chi connectivity index (χ2v) is 34.4. The van der Waals surface area contributed by atoms with Crippen molar-refractivity contribution in [3.63, 3.8) is 0 Å². The van der Waals surface area contributed by atoms with Crippen LogP contribution >= 0.6 is 11.6 Å². The van der Waals surface area contributed by atoms with Crippen molar-refractivity contribution in [3.8, 4) is 12.3 Å². The third kappa shape index (κ3) is 56.7. The number of aromatic nitrogens is 6. The van der Waals surface area contributed by atoms with Gasteiger partial charge in [-0.1, -0.05) is 22.7 Å². The van der Waals surface area contributed by atoms with Crippen LogP contribution in [0.5, 0.6) is 0 Å². The zero-order valence-corrected chi connectivity index (χ0v) is 82.8. The number of fused-ring (bicyclic) bond motifs is 1. The monoisotopic (exact) mass is 1990 g/mol. The number of likely N-dealkylation sites (tertiary alicyclic amines) is 1. The third-order valence-electron chi connectivity index (χ3n) is 19.9. The Morgan fingerprint density at radius 1 is 0.540 bits per heavy atom. The Morgan fingerprint density at radius 2 is 0.993 bits per heavy atom. The summed E-state index contributed by atoms with van der Waals surface area (Å²) in [4.78, 5) is 79.7. The fourth-order valence-electron chi connectivity index (χ4n) is 13.4. The number of halogens is 1. The number of piperidine rings is 1. The lowest BCUT2D eigenvalue weighted by molar-refractivity contribution is -0.140.